The highest BCUT2D eigenvalue weighted by molar-refractivity contribution is 6.37. The number of nitrogens with zero attached hydrogens (tertiary/aromatic N) is 1. The number of benzene rings is 2. The maximum Gasteiger partial charge on any atom is 0.376 e. The van der Waals surface area contributed by atoms with Crippen LogP contribution in [0, 0.1) is 0 Å². The van der Waals surface area contributed by atoms with Gasteiger partial charge in [-0.3, -0.25) is 0 Å². The van der Waals surface area contributed by atoms with Gasteiger partial charge in [0.2, 0.25) is 5.76 Å². The number of anilines is 2. The average Bonchev–Trinajstić information content (AvgIpc) is 3.23. The summed E-state index contributed by atoms with van der Waals surface area (Å²) in [6.07, 6.45) is 2.12. The smallest absolute Gasteiger partial charge is 0.376 e. The number of oxazole rings is 1. The molecule has 0 fully saturated rings. The monoisotopic (exact) mass is 496 g/mol. The van der Waals surface area contributed by atoms with Gasteiger partial charge in [-0.05, 0) is 54.7 Å². The fourth-order valence-electron chi connectivity index (χ4n) is 3.09. The molecule has 0 radical (unpaired) electrons. The van der Waals surface area contributed by atoms with Crippen LogP contribution in [-0.2, 0) is 11.2 Å². The predicted octanol–water partition coefficient (Wildman–Crippen LogP) is 6.87. The van der Waals surface area contributed by atoms with Gasteiger partial charge in [0, 0.05) is 5.69 Å². The number of carbonyl (C=O) groups excluding carboxylic acids is 1. The van der Waals surface area contributed by atoms with E-state index in [4.69, 9.17) is 48.7 Å². The van der Waals surface area contributed by atoms with Crippen LogP contribution in [0.3, 0.4) is 0 Å². The van der Waals surface area contributed by atoms with Crippen LogP contribution in [0.1, 0.15) is 41.4 Å². The molecule has 170 valence electrons. The van der Waals surface area contributed by atoms with Crippen molar-refractivity contribution in [2.24, 2.45) is 0 Å². The van der Waals surface area contributed by atoms with Crippen LogP contribution in [0.5, 0.6) is 5.75 Å². The van der Waals surface area contributed by atoms with E-state index in [0.29, 0.717) is 28.3 Å². The lowest BCUT2D eigenvalue weighted by Gasteiger charge is -2.16. The summed E-state index contributed by atoms with van der Waals surface area (Å²) in [6.45, 7) is 4.45. The molecular formula is C23H23Cl3N2O4. The van der Waals surface area contributed by atoms with Gasteiger partial charge < -0.3 is 19.2 Å². The van der Waals surface area contributed by atoms with E-state index in [1.165, 1.54) is 6.20 Å². The van der Waals surface area contributed by atoms with Gasteiger partial charge in [-0.1, -0.05) is 42.3 Å². The lowest BCUT2D eigenvalue weighted by Crippen LogP contribution is -2.03. The third-order valence-corrected chi connectivity index (χ3v) is 5.36. The molecule has 2 aromatic carbocycles. The van der Waals surface area contributed by atoms with Crippen molar-refractivity contribution in [2.45, 2.75) is 26.2 Å². The average molecular weight is 498 g/mol. The van der Waals surface area contributed by atoms with E-state index in [-0.39, 0.29) is 24.3 Å². The zero-order chi connectivity index (χ0) is 23.1. The fraction of sp³-hybridized carbons (Fsp3) is 0.304. The van der Waals surface area contributed by atoms with E-state index in [1.54, 1.807) is 6.92 Å². The fourth-order valence-corrected chi connectivity index (χ4v) is 3.78. The highest BCUT2D eigenvalue weighted by Crippen LogP contribution is 2.37. The van der Waals surface area contributed by atoms with Gasteiger partial charge >= 0.3 is 5.97 Å². The van der Waals surface area contributed by atoms with Crippen molar-refractivity contribution >= 4 is 52.5 Å². The van der Waals surface area contributed by atoms with Crippen molar-refractivity contribution in [1.82, 2.24) is 4.98 Å². The zero-order valence-corrected chi connectivity index (χ0v) is 19.9. The van der Waals surface area contributed by atoms with Crippen LogP contribution < -0.4 is 10.1 Å². The molecule has 9 heteroatoms. The Labute approximate surface area is 201 Å². The highest BCUT2D eigenvalue weighted by atomic mass is 35.5. The summed E-state index contributed by atoms with van der Waals surface area (Å²) in [6, 6.07) is 11.8. The summed E-state index contributed by atoms with van der Waals surface area (Å²) in [4.78, 5) is 15.7. The number of hydrogen-bond donors (Lipinski definition) is 1. The van der Waals surface area contributed by atoms with Crippen molar-refractivity contribution in [1.29, 1.82) is 0 Å². The lowest BCUT2D eigenvalue weighted by atomic mass is 9.93. The number of carbonyl (C=O) groups is 1. The normalized spacial score (nSPS) is 11.8. The molecule has 1 atom stereocenters. The van der Waals surface area contributed by atoms with Crippen LogP contribution in [-0.4, -0.2) is 30.0 Å². The molecule has 0 aliphatic heterocycles. The molecule has 0 unspecified atom stereocenters. The maximum atomic E-state index is 11.7. The Balaban J connectivity index is 1.62. The second-order valence-corrected chi connectivity index (χ2v) is 8.22. The summed E-state index contributed by atoms with van der Waals surface area (Å²) in [5.41, 5.74) is 2.94. The molecule has 0 saturated heterocycles. The quantitative estimate of drug-likeness (QED) is 0.243. The van der Waals surface area contributed by atoms with Gasteiger partial charge in [0.25, 0.3) is 6.01 Å². The first-order valence-corrected chi connectivity index (χ1v) is 11.4. The topological polar surface area (TPSA) is 73.6 Å². The van der Waals surface area contributed by atoms with Crippen LogP contribution in [0.4, 0.5) is 11.7 Å². The number of rotatable bonds is 10. The molecule has 6 nitrogen and oxygen atoms in total. The first-order chi connectivity index (χ1) is 15.4. The van der Waals surface area contributed by atoms with E-state index in [2.05, 4.69) is 17.2 Å². The van der Waals surface area contributed by atoms with Gasteiger partial charge in [-0.15, -0.1) is 11.6 Å². The van der Waals surface area contributed by atoms with E-state index >= 15 is 0 Å². The second kappa shape index (κ2) is 11.5. The minimum Gasteiger partial charge on any atom is -0.489 e. The van der Waals surface area contributed by atoms with Gasteiger partial charge in [0.1, 0.15) is 6.61 Å². The lowest BCUT2D eigenvalue weighted by molar-refractivity contribution is 0.0491. The van der Waals surface area contributed by atoms with E-state index in [0.717, 1.165) is 23.2 Å². The summed E-state index contributed by atoms with van der Waals surface area (Å²) in [5.74, 6) is 0.508. The number of aromatic nitrogens is 1. The Morgan fingerprint density at radius 2 is 1.88 bits per heavy atom. The molecule has 32 heavy (non-hydrogen) atoms. The van der Waals surface area contributed by atoms with Crippen LogP contribution in [0.25, 0.3) is 0 Å². The van der Waals surface area contributed by atoms with Crippen molar-refractivity contribution in [3.63, 3.8) is 0 Å². The minimum atomic E-state index is -0.545. The molecule has 3 rings (SSSR count). The van der Waals surface area contributed by atoms with Gasteiger partial charge in [-0.2, -0.15) is 0 Å². The van der Waals surface area contributed by atoms with Gasteiger partial charge in [0.15, 0.2) is 5.75 Å². The number of esters is 1. The molecule has 0 aliphatic rings. The molecule has 1 N–H and O–H groups in total. The summed E-state index contributed by atoms with van der Waals surface area (Å²) >= 11 is 18.4. The molecule has 0 bridgehead atoms. The van der Waals surface area contributed by atoms with Crippen molar-refractivity contribution in [3.8, 4) is 5.75 Å². The zero-order valence-electron chi connectivity index (χ0n) is 17.7. The van der Waals surface area contributed by atoms with Crippen molar-refractivity contribution in [2.75, 3.05) is 24.4 Å². The summed E-state index contributed by atoms with van der Waals surface area (Å²) < 4.78 is 15.8. The molecule has 3 aromatic rings. The summed E-state index contributed by atoms with van der Waals surface area (Å²) in [5, 5.41) is 3.97. The van der Waals surface area contributed by atoms with Crippen LogP contribution in [0.15, 0.2) is 47.0 Å². The minimum absolute atomic E-state index is 0.0520. The van der Waals surface area contributed by atoms with Crippen LogP contribution >= 0.6 is 34.8 Å². The summed E-state index contributed by atoms with van der Waals surface area (Å²) in [7, 11) is 0. The Morgan fingerprint density at radius 1 is 1.19 bits per heavy atom. The largest absolute Gasteiger partial charge is 0.489 e. The Bertz CT molecular complexity index is 1030. The number of alkyl halides is 1. The predicted molar refractivity (Wildman–Crippen MR) is 127 cm³/mol. The third-order valence-electron chi connectivity index (χ3n) is 4.64. The molecule has 1 aromatic heterocycles. The highest BCUT2D eigenvalue weighted by Gasteiger charge is 2.15. The number of ether oxygens (including phenoxy) is 2. The molecule has 0 saturated carbocycles. The molecule has 0 aliphatic carbocycles. The third kappa shape index (κ3) is 6.31. The van der Waals surface area contributed by atoms with Crippen molar-refractivity contribution < 1.29 is 18.7 Å². The number of nitrogens with one attached hydrogen (secondary N) is 1. The van der Waals surface area contributed by atoms with E-state index in [9.17, 15) is 4.79 Å². The molecule has 1 heterocycles. The number of hydrogen-bond acceptors (Lipinski definition) is 6. The Hall–Kier alpha value is -2.41. The van der Waals surface area contributed by atoms with Gasteiger partial charge in [0.05, 0.1) is 28.7 Å². The molecular weight excluding hydrogens is 475 g/mol. The van der Waals surface area contributed by atoms with Crippen molar-refractivity contribution in [3.05, 3.63) is 69.5 Å². The maximum absolute atomic E-state index is 11.7. The number of halogens is 3. The first-order valence-electron chi connectivity index (χ1n) is 10.1. The van der Waals surface area contributed by atoms with Crippen LogP contribution in [0.2, 0.25) is 10.0 Å². The first kappa shape index (κ1) is 24.2. The second-order valence-electron chi connectivity index (χ2n) is 7.03. The van der Waals surface area contributed by atoms with Gasteiger partial charge in [-0.25, -0.2) is 9.78 Å². The Kier molecular flexibility index (Phi) is 8.67. The van der Waals surface area contributed by atoms with E-state index < -0.39 is 5.97 Å². The SMILES string of the molecule is CCOC(=O)c1cnc(Nc2ccc(C[C@@H](C)c3cc(Cl)c(OCCCl)c(Cl)c3)cc2)o1. The molecule has 0 amide bonds. The van der Waals surface area contributed by atoms with E-state index in [1.807, 2.05) is 36.4 Å². The standard InChI is InChI=1S/C23H23Cl3N2O4/c1-3-30-22(29)20-13-27-23(32-20)28-17-6-4-15(5-7-17)10-14(2)16-11-18(25)21(19(26)12-16)31-9-8-24/h4-7,11-14H,3,8-10H2,1-2H3,(H,27,28)/t14-/m1/s1. The molecule has 0 spiro atoms. The Morgan fingerprint density at radius 3 is 2.50 bits per heavy atom.